The number of ketones is 2. The molecule has 1 aromatic carbocycles. The summed E-state index contributed by atoms with van der Waals surface area (Å²) in [6.07, 6.45) is 0. The first-order valence-electron chi connectivity index (χ1n) is 4.07. The van der Waals surface area contributed by atoms with Crippen molar-refractivity contribution in [2.45, 2.75) is 5.92 Å². The van der Waals surface area contributed by atoms with Gasteiger partial charge in [0.2, 0.25) is 11.6 Å². The van der Waals surface area contributed by atoms with Crippen LogP contribution in [-0.4, -0.2) is 24.2 Å². The van der Waals surface area contributed by atoms with Crippen LogP contribution in [0.3, 0.4) is 0 Å². The number of carbonyl (C=O) groups excluding carboxylic acids is 2. The summed E-state index contributed by atoms with van der Waals surface area (Å²) in [4.78, 5) is 21.6. The largest absolute Gasteiger partial charge is 2.00 e. The van der Waals surface area contributed by atoms with Crippen molar-refractivity contribution in [1.82, 2.24) is 0 Å². The molecule has 1 aromatic rings. The summed E-state index contributed by atoms with van der Waals surface area (Å²) in [5.41, 5.74) is -0.315. The monoisotopic (exact) mass is 369 g/mol. The van der Waals surface area contributed by atoms with Crippen LogP contribution >= 0.6 is 0 Å². The summed E-state index contributed by atoms with van der Waals surface area (Å²) in [5, 5.41) is 0. The van der Waals surface area contributed by atoms with Crippen LogP contribution in [0.25, 0.3) is 0 Å². The number of hydrogen-bond acceptors (Lipinski definition) is 2. The third kappa shape index (κ3) is 3.47. The van der Waals surface area contributed by atoms with Crippen LogP contribution in [0.1, 0.15) is 10.4 Å². The van der Waals surface area contributed by atoms with Crippen molar-refractivity contribution in [2.75, 3.05) is 6.67 Å². The second-order valence-corrected chi connectivity index (χ2v) is 2.83. The molecule has 85 valence electrons. The predicted molar refractivity (Wildman–Crippen MR) is 46.7 cm³/mol. The Bertz CT molecular complexity index is 379. The number of alkyl halides is 3. The van der Waals surface area contributed by atoms with E-state index in [-0.39, 0.29) is 54.9 Å². The van der Waals surface area contributed by atoms with Crippen LogP contribution in [-0.2, 0) is 4.79 Å². The van der Waals surface area contributed by atoms with Gasteiger partial charge in [-0.15, -0.1) is 0 Å². The fourth-order valence-corrected chi connectivity index (χ4v) is 0.981. The van der Waals surface area contributed by atoms with Crippen LogP contribution in [0.2, 0.25) is 0 Å². The Balaban J connectivity index is 0.00000225. The van der Waals surface area contributed by atoms with E-state index in [4.69, 9.17) is 0 Å². The first-order chi connectivity index (χ1) is 7.00. The van der Waals surface area contributed by atoms with Gasteiger partial charge in [-0.05, 0) is 0 Å². The van der Waals surface area contributed by atoms with E-state index in [0.29, 0.717) is 0 Å². The van der Waals surface area contributed by atoms with E-state index >= 15 is 0 Å². The molecule has 0 aliphatic carbocycles. The van der Waals surface area contributed by atoms with E-state index in [1.807, 2.05) is 0 Å². The molecule has 16 heavy (non-hydrogen) atoms. The van der Waals surface area contributed by atoms with Crippen molar-refractivity contribution < 1.29 is 72.1 Å². The summed E-state index contributed by atoms with van der Waals surface area (Å²) in [6.45, 7) is -1.86. The van der Waals surface area contributed by atoms with Crippen molar-refractivity contribution in [3.05, 3.63) is 35.9 Å². The van der Waals surface area contributed by atoms with Gasteiger partial charge in [0.15, 0.2) is 6.67 Å². The van der Waals surface area contributed by atoms with Crippen LogP contribution in [0.5, 0.6) is 0 Å². The number of benzene rings is 1. The minimum atomic E-state index is -4.28. The molecule has 0 aromatic heterocycles. The Morgan fingerprint density at radius 1 is 1.12 bits per heavy atom. The van der Waals surface area contributed by atoms with Crippen LogP contribution in [0.4, 0.5) is 13.2 Å². The molecule has 0 amide bonds. The predicted octanol–water partition coefficient (Wildman–Crippen LogP) is 2.04. The Hall–Kier alpha value is -0.0656. The van der Waals surface area contributed by atoms with Gasteiger partial charge in [0.05, 0.1) is 0 Å². The number of rotatable bonds is 4. The fourth-order valence-electron chi connectivity index (χ4n) is 0.981. The number of hydrogen-bond donors (Lipinski definition) is 0. The van der Waals surface area contributed by atoms with E-state index in [0.717, 1.165) is 12.1 Å². The molecule has 1 rings (SSSR count). The van der Waals surface area contributed by atoms with Gasteiger partial charge in [-0.3, -0.25) is 9.59 Å². The number of halogens is 3. The molecule has 0 saturated heterocycles. The van der Waals surface area contributed by atoms with Crippen molar-refractivity contribution in [1.29, 1.82) is 0 Å². The standard InChI is InChI=1S/C10H7F3O2.Eu/c11-6-8(14)10(12,13)9(15)7-4-2-1-3-5-7;/h1-5H,6H2;/q;+2. The quantitative estimate of drug-likeness (QED) is 0.602. The summed E-state index contributed by atoms with van der Waals surface area (Å²) in [6, 6.07) is 6.57. The third-order valence-corrected chi connectivity index (χ3v) is 1.79. The summed E-state index contributed by atoms with van der Waals surface area (Å²) in [5.74, 6) is -7.97. The molecule has 1 radical (unpaired) electrons. The van der Waals surface area contributed by atoms with Crippen molar-refractivity contribution in [3.63, 3.8) is 0 Å². The van der Waals surface area contributed by atoms with E-state index < -0.39 is 24.2 Å². The van der Waals surface area contributed by atoms with Gasteiger partial charge in [-0.25, -0.2) is 4.39 Å². The van der Waals surface area contributed by atoms with Crippen LogP contribution < -0.4 is 0 Å². The molecule has 0 spiro atoms. The van der Waals surface area contributed by atoms with Gasteiger partial charge < -0.3 is 0 Å². The topological polar surface area (TPSA) is 34.1 Å². The van der Waals surface area contributed by atoms with Gasteiger partial charge in [-0.1, -0.05) is 30.3 Å². The Morgan fingerprint density at radius 2 is 1.62 bits per heavy atom. The molecule has 0 saturated carbocycles. The molecule has 0 aliphatic heterocycles. The van der Waals surface area contributed by atoms with Gasteiger partial charge in [0, 0.05) is 5.56 Å². The fraction of sp³-hybridized carbons (Fsp3) is 0.200. The number of carbonyl (C=O) groups is 2. The maximum Gasteiger partial charge on any atom is 2.00 e. The average Bonchev–Trinajstić information content (AvgIpc) is 2.28. The third-order valence-electron chi connectivity index (χ3n) is 1.79. The number of Topliss-reactive ketones (excluding diaryl/α,β-unsaturated/α-hetero) is 2. The molecule has 0 bridgehead atoms. The molecule has 2 nitrogen and oxygen atoms in total. The first-order valence-corrected chi connectivity index (χ1v) is 4.07. The zero-order valence-electron chi connectivity index (χ0n) is 7.92. The van der Waals surface area contributed by atoms with Crippen molar-refractivity contribution in [3.8, 4) is 0 Å². The minimum absolute atomic E-state index is 0. The summed E-state index contributed by atoms with van der Waals surface area (Å²) >= 11 is 0. The van der Waals surface area contributed by atoms with Gasteiger partial charge in [-0.2, -0.15) is 8.78 Å². The maximum absolute atomic E-state index is 13.0. The van der Waals surface area contributed by atoms with Crippen LogP contribution in [0.15, 0.2) is 30.3 Å². The minimum Gasteiger partial charge on any atom is -0.289 e. The van der Waals surface area contributed by atoms with Crippen molar-refractivity contribution >= 4 is 11.6 Å². The second-order valence-electron chi connectivity index (χ2n) is 2.83. The van der Waals surface area contributed by atoms with Crippen LogP contribution in [0, 0.1) is 49.4 Å². The van der Waals surface area contributed by atoms with E-state index in [9.17, 15) is 22.8 Å². The van der Waals surface area contributed by atoms with Gasteiger partial charge in [0.25, 0.3) is 0 Å². The Labute approximate surface area is 131 Å². The maximum atomic E-state index is 13.0. The molecule has 0 unspecified atom stereocenters. The Kier molecular flexibility index (Phi) is 6.59. The van der Waals surface area contributed by atoms with Gasteiger partial charge >= 0.3 is 55.3 Å². The van der Waals surface area contributed by atoms with Crippen molar-refractivity contribution in [2.24, 2.45) is 0 Å². The molecule has 0 heterocycles. The summed E-state index contributed by atoms with van der Waals surface area (Å²) < 4.78 is 37.7. The zero-order valence-corrected chi connectivity index (χ0v) is 10.3. The van der Waals surface area contributed by atoms with E-state index in [1.165, 1.54) is 18.2 Å². The smallest absolute Gasteiger partial charge is 0.289 e. The molecule has 6 heteroatoms. The molecular weight excluding hydrogens is 361 g/mol. The molecule has 0 atom stereocenters. The van der Waals surface area contributed by atoms with Gasteiger partial charge in [0.1, 0.15) is 0 Å². The normalized spacial score (nSPS) is 10.4. The van der Waals surface area contributed by atoms with E-state index in [1.54, 1.807) is 0 Å². The molecular formula is C10H7EuF3O2+2. The average molecular weight is 368 g/mol. The molecule has 0 fully saturated rings. The SMILES string of the molecule is O=C(CF)C(F)(F)C(=O)c1ccccc1.[Eu+2]. The Morgan fingerprint density at radius 3 is 2.06 bits per heavy atom. The second kappa shape index (κ2) is 6.62. The summed E-state index contributed by atoms with van der Waals surface area (Å²) in [7, 11) is 0. The molecule has 0 aliphatic rings. The first kappa shape index (κ1) is 15.9. The van der Waals surface area contributed by atoms with E-state index in [2.05, 4.69) is 0 Å². The molecule has 0 N–H and O–H groups in total. The zero-order chi connectivity index (χ0) is 11.5.